The molecule has 0 aliphatic heterocycles. The first-order valence-electron chi connectivity index (χ1n) is 4.69. The van der Waals surface area contributed by atoms with Gasteiger partial charge in [-0.2, -0.15) is 0 Å². The van der Waals surface area contributed by atoms with Gasteiger partial charge < -0.3 is 0 Å². The summed E-state index contributed by atoms with van der Waals surface area (Å²) >= 11 is 6.35. The van der Waals surface area contributed by atoms with Crippen molar-refractivity contribution in [3.05, 3.63) is 34.1 Å². The molecule has 0 aromatic heterocycles. The highest BCUT2D eigenvalue weighted by Crippen LogP contribution is 2.17. The Morgan fingerprint density at radius 3 is 2.67 bits per heavy atom. The molecule has 0 heterocycles. The lowest BCUT2D eigenvalue weighted by atomic mass is 10.1. The molecule has 1 nitrogen and oxygen atoms in total. The maximum Gasteiger partial charge on any atom is 0.162 e. The molecule has 0 aliphatic rings. The summed E-state index contributed by atoms with van der Waals surface area (Å²) in [6, 6.07) is 4.48. The van der Waals surface area contributed by atoms with E-state index in [0.717, 1.165) is 18.2 Å². The van der Waals surface area contributed by atoms with Crippen LogP contribution in [0.2, 0.25) is 0 Å². The summed E-state index contributed by atoms with van der Waals surface area (Å²) < 4.78 is 13.5. The quantitative estimate of drug-likeness (QED) is 0.444. The van der Waals surface area contributed by atoms with Crippen LogP contribution in [0.1, 0.15) is 29.6 Å². The number of Topliss-reactive ketones (excluding diaryl/α,β-unsaturated/α-hetero) is 1. The molecule has 0 bridgehead atoms. The largest absolute Gasteiger partial charge is 0.294 e. The zero-order valence-corrected chi connectivity index (χ0v) is 11.3. The van der Waals surface area contributed by atoms with E-state index in [0.29, 0.717) is 16.5 Å². The molecule has 0 unspecified atom stereocenters. The highest BCUT2D eigenvalue weighted by molar-refractivity contribution is 9.10. The van der Waals surface area contributed by atoms with Crippen LogP contribution < -0.4 is 0 Å². The molecule has 82 valence electrons. The lowest BCUT2D eigenvalue weighted by Gasteiger charge is -2.01. The van der Waals surface area contributed by atoms with Gasteiger partial charge in [-0.15, -0.1) is 0 Å². The minimum absolute atomic E-state index is 0.00218. The Kier molecular flexibility index (Phi) is 5.47. The van der Waals surface area contributed by atoms with Crippen molar-refractivity contribution in [2.45, 2.75) is 19.3 Å². The average molecular weight is 338 g/mol. The number of unbranched alkanes of at least 4 members (excludes halogenated alkanes) is 1. The second kappa shape index (κ2) is 6.38. The Morgan fingerprint density at radius 2 is 2.07 bits per heavy atom. The Balaban J connectivity index is 2.62. The molecule has 1 aromatic carbocycles. The second-order valence-electron chi connectivity index (χ2n) is 3.20. The molecule has 0 amide bonds. The third-order valence-electron chi connectivity index (χ3n) is 2.03. The van der Waals surface area contributed by atoms with E-state index >= 15 is 0 Å². The molecule has 0 N–H and O–H groups in total. The van der Waals surface area contributed by atoms with E-state index in [1.165, 1.54) is 6.07 Å². The Labute approximate surface area is 105 Å². The minimum atomic E-state index is -0.388. The zero-order valence-electron chi connectivity index (χ0n) is 8.10. The van der Waals surface area contributed by atoms with Crippen molar-refractivity contribution in [2.75, 3.05) is 5.33 Å². The van der Waals surface area contributed by atoms with Gasteiger partial charge in [0.1, 0.15) is 5.82 Å². The number of benzene rings is 1. The Bertz CT molecular complexity index is 352. The van der Waals surface area contributed by atoms with E-state index in [-0.39, 0.29) is 11.6 Å². The number of carbonyl (C=O) groups is 1. The van der Waals surface area contributed by atoms with Crippen molar-refractivity contribution < 1.29 is 9.18 Å². The van der Waals surface area contributed by atoms with Crippen molar-refractivity contribution in [3.63, 3.8) is 0 Å². The molecule has 0 aliphatic carbocycles. The number of halogens is 3. The fraction of sp³-hybridized carbons (Fsp3) is 0.364. The molecule has 0 atom stereocenters. The Hall–Kier alpha value is -0.220. The van der Waals surface area contributed by atoms with E-state index in [2.05, 4.69) is 31.9 Å². The fourth-order valence-electron chi connectivity index (χ4n) is 1.19. The summed E-state index contributed by atoms with van der Waals surface area (Å²) in [6.07, 6.45) is 2.28. The Morgan fingerprint density at radius 1 is 1.33 bits per heavy atom. The molecule has 1 rings (SSSR count). The predicted octanol–water partition coefficient (Wildman–Crippen LogP) is 4.34. The van der Waals surface area contributed by atoms with Crippen LogP contribution in [-0.2, 0) is 0 Å². The molecule has 15 heavy (non-hydrogen) atoms. The zero-order chi connectivity index (χ0) is 11.3. The van der Waals surface area contributed by atoms with Gasteiger partial charge in [0.05, 0.1) is 4.47 Å². The van der Waals surface area contributed by atoms with Crippen LogP contribution >= 0.6 is 31.9 Å². The molecular formula is C11H11Br2FO. The monoisotopic (exact) mass is 336 g/mol. The van der Waals surface area contributed by atoms with Gasteiger partial charge in [-0.1, -0.05) is 22.0 Å². The molecular weight excluding hydrogens is 327 g/mol. The number of hydrogen-bond donors (Lipinski definition) is 0. The van der Waals surface area contributed by atoms with Crippen LogP contribution in [0.5, 0.6) is 0 Å². The van der Waals surface area contributed by atoms with E-state index < -0.39 is 0 Å². The first-order valence-corrected chi connectivity index (χ1v) is 6.61. The molecule has 0 radical (unpaired) electrons. The van der Waals surface area contributed by atoms with Gasteiger partial charge in [-0.05, 0) is 40.9 Å². The summed E-state index contributed by atoms with van der Waals surface area (Å²) in [7, 11) is 0. The van der Waals surface area contributed by atoms with Crippen molar-refractivity contribution >= 4 is 37.6 Å². The predicted molar refractivity (Wildman–Crippen MR) is 66.1 cm³/mol. The van der Waals surface area contributed by atoms with Crippen LogP contribution in [0.15, 0.2) is 22.7 Å². The van der Waals surface area contributed by atoms with E-state index in [1.54, 1.807) is 12.1 Å². The van der Waals surface area contributed by atoms with E-state index in [4.69, 9.17) is 0 Å². The van der Waals surface area contributed by atoms with Gasteiger partial charge in [0.2, 0.25) is 0 Å². The maximum absolute atomic E-state index is 13.1. The second-order valence-corrected chi connectivity index (χ2v) is 4.85. The van der Waals surface area contributed by atoms with Crippen LogP contribution in [0, 0.1) is 5.82 Å². The van der Waals surface area contributed by atoms with Crippen molar-refractivity contribution in [1.29, 1.82) is 0 Å². The first-order chi connectivity index (χ1) is 7.15. The number of carbonyl (C=O) groups excluding carboxylic acids is 1. The normalized spacial score (nSPS) is 10.3. The lowest BCUT2D eigenvalue weighted by molar-refractivity contribution is 0.0979. The lowest BCUT2D eigenvalue weighted by Crippen LogP contribution is -1.99. The number of hydrogen-bond acceptors (Lipinski definition) is 1. The number of rotatable bonds is 5. The van der Waals surface area contributed by atoms with E-state index in [9.17, 15) is 9.18 Å². The number of ketones is 1. The smallest absolute Gasteiger partial charge is 0.162 e. The molecule has 0 saturated carbocycles. The van der Waals surface area contributed by atoms with Crippen molar-refractivity contribution in [2.24, 2.45) is 0 Å². The SMILES string of the molecule is O=C(CCCCBr)c1ccc(Br)c(F)c1. The highest BCUT2D eigenvalue weighted by atomic mass is 79.9. The topological polar surface area (TPSA) is 17.1 Å². The van der Waals surface area contributed by atoms with Gasteiger partial charge >= 0.3 is 0 Å². The minimum Gasteiger partial charge on any atom is -0.294 e. The average Bonchev–Trinajstić information content (AvgIpc) is 2.22. The molecule has 0 fully saturated rings. The third-order valence-corrected chi connectivity index (χ3v) is 3.23. The highest BCUT2D eigenvalue weighted by Gasteiger charge is 2.08. The van der Waals surface area contributed by atoms with Crippen molar-refractivity contribution in [1.82, 2.24) is 0 Å². The van der Waals surface area contributed by atoms with Crippen LogP contribution in [0.4, 0.5) is 4.39 Å². The van der Waals surface area contributed by atoms with E-state index in [1.807, 2.05) is 0 Å². The van der Waals surface area contributed by atoms with Crippen LogP contribution in [0.3, 0.4) is 0 Å². The molecule has 4 heteroatoms. The molecule has 1 aromatic rings. The van der Waals surface area contributed by atoms with Gasteiger partial charge in [-0.25, -0.2) is 4.39 Å². The summed E-state index contributed by atoms with van der Waals surface area (Å²) in [5, 5.41) is 0.898. The van der Waals surface area contributed by atoms with Crippen LogP contribution in [0.25, 0.3) is 0 Å². The molecule has 0 spiro atoms. The summed E-state index contributed by atoms with van der Waals surface area (Å²) in [5.74, 6) is -0.385. The summed E-state index contributed by atoms with van der Waals surface area (Å²) in [5.41, 5.74) is 0.449. The third kappa shape index (κ3) is 4.03. The maximum atomic E-state index is 13.1. The molecule has 0 saturated heterocycles. The van der Waals surface area contributed by atoms with Gasteiger partial charge in [0, 0.05) is 17.3 Å². The van der Waals surface area contributed by atoms with Gasteiger partial charge in [-0.3, -0.25) is 4.79 Å². The number of alkyl halides is 1. The standard InChI is InChI=1S/C11H11Br2FO/c12-6-2-1-3-11(15)8-4-5-9(13)10(14)7-8/h4-5,7H,1-3,6H2. The van der Waals surface area contributed by atoms with Crippen LogP contribution in [-0.4, -0.2) is 11.1 Å². The first kappa shape index (κ1) is 12.8. The van der Waals surface area contributed by atoms with Gasteiger partial charge in [0.25, 0.3) is 0 Å². The fourth-order valence-corrected chi connectivity index (χ4v) is 1.84. The van der Waals surface area contributed by atoms with Crippen molar-refractivity contribution in [3.8, 4) is 0 Å². The summed E-state index contributed by atoms with van der Waals surface area (Å²) in [6.45, 7) is 0. The summed E-state index contributed by atoms with van der Waals surface area (Å²) in [4.78, 5) is 11.6. The van der Waals surface area contributed by atoms with Gasteiger partial charge in [0.15, 0.2) is 5.78 Å².